The summed E-state index contributed by atoms with van der Waals surface area (Å²) < 4.78 is 14.4. The van der Waals surface area contributed by atoms with Crippen molar-refractivity contribution in [3.63, 3.8) is 0 Å². The lowest BCUT2D eigenvalue weighted by Crippen LogP contribution is -2.35. The molecule has 1 atom stereocenters. The molecule has 0 spiro atoms. The maximum Gasteiger partial charge on any atom is 0.233 e. The smallest absolute Gasteiger partial charge is 0.233 e. The lowest BCUT2D eigenvalue weighted by Gasteiger charge is -2.15. The molecular formula is C13H18BrFN2O. The fourth-order valence-corrected chi connectivity index (χ4v) is 1.91. The molecule has 0 radical (unpaired) electrons. The minimum atomic E-state index is -0.271. The van der Waals surface area contributed by atoms with Crippen LogP contribution in [-0.2, 0) is 4.79 Å². The van der Waals surface area contributed by atoms with Crippen LogP contribution in [0.4, 0.5) is 4.39 Å². The third kappa shape index (κ3) is 4.74. The molecule has 1 rings (SSSR count). The Labute approximate surface area is 115 Å². The third-order valence-corrected chi connectivity index (χ3v) is 3.06. The molecular weight excluding hydrogens is 299 g/mol. The first-order valence-electron chi connectivity index (χ1n) is 5.99. The topological polar surface area (TPSA) is 41.1 Å². The van der Waals surface area contributed by atoms with Gasteiger partial charge in [0.25, 0.3) is 0 Å². The average molecular weight is 317 g/mol. The van der Waals surface area contributed by atoms with Crippen LogP contribution in [0.3, 0.4) is 0 Å². The Morgan fingerprint density at radius 2 is 2.22 bits per heavy atom. The summed E-state index contributed by atoms with van der Waals surface area (Å²) in [5.41, 5.74) is 0.549. The van der Waals surface area contributed by atoms with E-state index >= 15 is 0 Å². The average Bonchev–Trinajstić information content (AvgIpc) is 2.36. The number of carbonyl (C=O) groups is 1. The summed E-state index contributed by atoms with van der Waals surface area (Å²) in [5.74, 6) is -0.341. The second-order valence-corrected chi connectivity index (χ2v) is 5.03. The van der Waals surface area contributed by atoms with E-state index in [2.05, 4.69) is 26.6 Å². The Morgan fingerprint density at radius 1 is 1.50 bits per heavy atom. The molecule has 0 aliphatic carbocycles. The van der Waals surface area contributed by atoms with Crippen LogP contribution in [0, 0.1) is 5.82 Å². The lowest BCUT2D eigenvalue weighted by atomic mass is 10.1. The second kappa shape index (κ2) is 7.48. The van der Waals surface area contributed by atoms with Crippen LogP contribution in [0.1, 0.15) is 31.9 Å². The number of rotatable bonds is 6. The van der Waals surface area contributed by atoms with Gasteiger partial charge in [0.05, 0.1) is 6.54 Å². The highest BCUT2D eigenvalue weighted by Gasteiger charge is 2.12. The van der Waals surface area contributed by atoms with Crippen molar-refractivity contribution < 1.29 is 9.18 Å². The van der Waals surface area contributed by atoms with Gasteiger partial charge < -0.3 is 10.6 Å². The van der Waals surface area contributed by atoms with E-state index in [1.54, 1.807) is 12.1 Å². The Hall–Kier alpha value is -0.940. The van der Waals surface area contributed by atoms with Gasteiger partial charge in [-0.1, -0.05) is 22.9 Å². The van der Waals surface area contributed by atoms with Crippen molar-refractivity contribution in [1.82, 2.24) is 10.6 Å². The van der Waals surface area contributed by atoms with E-state index in [0.717, 1.165) is 10.9 Å². The Kier molecular flexibility index (Phi) is 6.29. The molecule has 0 fully saturated rings. The molecule has 5 heteroatoms. The van der Waals surface area contributed by atoms with Gasteiger partial charge >= 0.3 is 0 Å². The molecule has 1 aromatic rings. The monoisotopic (exact) mass is 316 g/mol. The largest absolute Gasteiger partial charge is 0.355 e. The van der Waals surface area contributed by atoms with E-state index in [4.69, 9.17) is 0 Å². The predicted molar refractivity (Wildman–Crippen MR) is 73.8 cm³/mol. The van der Waals surface area contributed by atoms with Crippen molar-refractivity contribution in [2.24, 2.45) is 0 Å². The summed E-state index contributed by atoms with van der Waals surface area (Å²) in [5, 5.41) is 5.76. The van der Waals surface area contributed by atoms with Gasteiger partial charge in [0.15, 0.2) is 0 Å². The van der Waals surface area contributed by atoms with Crippen molar-refractivity contribution in [1.29, 1.82) is 0 Å². The molecule has 2 N–H and O–H groups in total. The van der Waals surface area contributed by atoms with Crippen molar-refractivity contribution >= 4 is 21.8 Å². The fraction of sp³-hybridized carbons (Fsp3) is 0.462. The van der Waals surface area contributed by atoms with Gasteiger partial charge in [-0.25, -0.2) is 4.39 Å². The van der Waals surface area contributed by atoms with E-state index in [1.165, 1.54) is 6.07 Å². The number of halogens is 2. The first kappa shape index (κ1) is 15.1. The number of benzene rings is 1. The molecule has 0 aromatic heterocycles. The first-order chi connectivity index (χ1) is 8.54. The van der Waals surface area contributed by atoms with E-state index in [0.29, 0.717) is 12.1 Å². The van der Waals surface area contributed by atoms with Crippen LogP contribution in [0.25, 0.3) is 0 Å². The van der Waals surface area contributed by atoms with Gasteiger partial charge in [-0.05, 0) is 31.5 Å². The fourth-order valence-electron chi connectivity index (χ4n) is 1.53. The molecule has 100 valence electrons. The van der Waals surface area contributed by atoms with Crippen LogP contribution >= 0.6 is 15.9 Å². The van der Waals surface area contributed by atoms with E-state index in [1.807, 2.05) is 13.8 Å². The van der Waals surface area contributed by atoms with Gasteiger partial charge in [-0.15, -0.1) is 0 Å². The highest BCUT2D eigenvalue weighted by Crippen LogP contribution is 2.21. The number of hydrogen-bond acceptors (Lipinski definition) is 2. The minimum absolute atomic E-state index is 0.0703. The number of hydrogen-bond donors (Lipinski definition) is 2. The molecule has 0 aliphatic rings. The SMILES string of the molecule is CCCNC(=O)CN[C@@H](C)c1cc(Br)ccc1F. The standard InChI is InChI=1S/C13H18BrFN2O/c1-3-6-16-13(18)8-17-9(2)11-7-10(14)4-5-12(11)15/h4-5,7,9,17H,3,6,8H2,1-2H3,(H,16,18)/t9-/m0/s1. The Morgan fingerprint density at radius 3 is 2.89 bits per heavy atom. The van der Waals surface area contributed by atoms with Crippen molar-refractivity contribution in [3.05, 3.63) is 34.1 Å². The van der Waals surface area contributed by atoms with Crippen LogP contribution in [0.2, 0.25) is 0 Å². The second-order valence-electron chi connectivity index (χ2n) is 4.12. The lowest BCUT2D eigenvalue weighted by molar-refractivity contribution is -0.120. The van der Waals surface area contributed by atoms with E-state index in [-0.39, 0.29) is 24.3 Å². The summed E-state index contributed by atoms with van der Waals surface area (Å²) in [6.07, 6.45) is 0.904. The molecule has 18 heavy (non-hydrogen) atoms. The summed E-state index contributed by atoms with van der Waals surface area (Å²) >= 11 is 3.31. The zero-order valence-electron chi connectivity index (χ0n) is 10.6. The van der Waals surface area contributed by atoms with Gasteiger partial charge in [-0.2, -0.15) is 0 Å². The molecule has 0 unspecified atom stereocenters. The molecule has 1 aromatic carbocycles. The number of nitrogens with one attached hydrogen (secondary N) is 2. The summed E-state index contributed by atoms with van der Waals surface area (Å²) in [7, 11) is 0. The Balaban J connectivity index is 2.52. The maximum absolute atomic E-state index is 13.6. The molecule has 0 bridgehead atoms. The third-order valence-electron chi connectivity index (χ3n) is 2.57. The maximum atomic E-state index is 13.6. The van der Waals surface area contributed by atoms with Crippen molar-refractivity contribution in [2.75, 3.05) is 13.1 Å². The van der Waals surface area contributed by atoms with Gasteiger partial charge in [-0.3, -0.25) is 4.79 Å². The predicted octanol–water partition coefficient (Wildman–Crippen LogP) is 2.77. The van der Waals surface area contributed by atoms with Gasteiger partial charge in [0.2, 0.25) is 5.91 Å². The summed E-state index contributed by atoms with van der Waals surface area (Å²) in [6.45, 7) is 4.68. The summed E-state index contributed by atoms with van der Waals surface area (Å²) in [4.78, 5) is 11.4. The molecule has 0 aliphatic heterocycles. The van der Waals surface area contributed by atoms with E-state index < -0.39 is 0 Å². The van der Waals surface area contributed by atoms with Gasteiger partial charge in [0.1, 0.15) is 5.82 Å². The van der Waals surface area contributed by atoms with Gasteiger partial charge in [0, 0.05) is 22.6 Å². The zero-order chi connectivity index (χ0) is 13.5. The number of carbonyl (C=O) groups excluding carboxylic acids is 1. The van der Waals surface area contributed by atoms with Crippen LogP contribution in [0.5, 0.6) is 0 Å². The zero-order valence-corrected chi connectivity index (χ0v) is 12.2. The highest BCUT2D eigenvalue weighted by molar-refractivity contribution is 9.10. The van der Waals surface area contributed by atoms with Crippen LogP contribution in [-0.4, -0.2) is 19.0 Å². The van der Waals surface area contributed by atoms with E-state index in [9.17, 15) is 9.18 Å². The van der Waals surface area contributed by atoms with Crippen LogP contribution < -0.4 is 10.6 Å². The normalized spacial score (nSPS) is 12.2. The minimum Gasteiger partial charge on any atom is -0.355 e. The summed E-state index contributed by atoms with van der Waals surface area (Å²) in [6, 6.07) is 4.57. The highest BCUT2D eigenvalue weighted by atomic mass is 79.9. The Bertz CT molecular complexity index is 412. The van der Waals surface area contributed by atoms with Crippen molar-refractivity contribution in [2.45, 2.75) is 26.3 Å². The molecule has 0 saturated carbocycles. The van der Waals surface area contributed by atoms with Crippen molar-refractivity contribution in [3.8, 4) is 0 Å². The first-order valence-corrected chi connectivity index (χ1v) is 6.79. The molecule has 0 heterocycles. The molecule has 1 amide bonds. The number of amides is 1. The van der Waals surface area contributed by atoms with Crippen LogP contribution in [0.15, 0.2) is 22.7 Å². The molecule has 0 saturated heterocycles. The molecule has 3 nitrogen and oxygen atoms in total. The quantitative estimate of drug-likeness (QED) is 0.847.